The van der Waals surface area contributed by atoms with Crippen LogP contribution in [0.3, 0.4) is 0 Å². The average Bonchev–Trinajstić information content (AvgIpc) is 2.36. The van der Waals surface area contributed by atoms with Crippen LogP contribution >= 0.6 is 0 Å². The van der Waals surface area contributed by atoms with Crippen LogP contribution in [0.4, 0.5) is 0 Å². The number of likely N-dealkylation sites (N-methyl/N-ethyl adjacent to an activating group) is 1. The second kappa shape index (κ2) is 5.65. The number of nitrogens with zero attached hydrogens (tertiary/aromatic N) is 1. The summed E-state index contributed by atoms with van der Waals surface area (Å²) in [4.78, 5) is 2.10. The monoisotopic (exact) mass is 235 g/mol. The van der Waals surface area contributed by atoms with Crippen molar-refractivity contribution in [2.45, 2.75) is 45.3 Å². The molecule has 0 radical (unpaired) electrons. The summed E-state index contributed by atoms with van der Waals surface area (Å²) in [5, 5.41) is 10.5. The van der Waals surface area contributed by atoms with Crippen molar-refractivity contribution in [3.8, 4) is 0 Å². The Morgan fingerprint density at radius 1 is 1.18 bits per heavy atom. The van der Waals surface area contributed by atoms with E-state index in [-0.39, 0.29) is 5.54 Å². The van der Waals surface area contributed by atoms with Gasteiger partial charge in [-0.2, -0.15) is 0 Å². The summed E-state index contributed by atoms with van der Waals surface area (Å²) in [5.74, 6) is 0. The number of rotatable bonds is 5. The molecule has 0 saturated carbocycles. The number of benzene rings is 1. The number of hydrogen-bond donors (Lipinski definition) is 1. The van der Waals surface area contributed by atoms with E-state index in [1.165, 1.54) is 5.56 Å². The molecule has 2 nitrogen and oxygen atoms in total. The number of hydrogen-bond acceptors (Lipinski definition) is 2. The maximum Gasteiger partial charge on any atom is 0.0970 e. The second-order valence-corrected chi connectivity index (χ2v) is 5.10. The molecule has 0 amide bonds. The molecule has 0 aliphatic carbocycles. The summed E-state index contributed by atoms with van der Waals surface area (Å²) in [6.07, 6.45) is 1.50. The molecule has 1 aromatic carbocycles. The van der Waals surface area contributed by atoms with Crippen LogP contribution < -0.4 is 0 Å². The summed E-state index contributed by atoms with van der Waals surface area (Å²) in [6.45, 7) is 6.36. The van der Waals surface area contributed by atoms with Gasteiger partial charge in [0.1, 0.15) is 0 Å². The van der Waals surface area contributed by atoms with Gasteiger partial charge in [0.2, 0.25) is 0 Å². The first-order valence-corrected chi connectivity index (χ1v) is 6.40. The molecule has 0 spiro atoms. The molecule has 0 heterocycles. The van der Waals surface area contributed by atoms with E-state index in [9.17, 15) is 5.11 Å². The number of aliphatic hydroxyl groups is 1. The van der Waals surface area contributed by atoms with Crippen LogP contribution in [0.25, 0.3) is 0 Å². The zero-order valence-electron chi connectivity index (χ0n) is 11.7. The summed E-state index contributed by atoms with van der Waals surface area (Å²) in [5.41, 5.74) is 2.09. The lowest BCUT2D eigenvalue weighted by molar-refractivity contribution is 0.000861. The lowest BCUT2D eigenvalue weighted by atomic mass is 9.85. The minimum Gasteiger partial charge on any atom is -0.386 e. The molecule has 1 aromatic rings. The van der Waals surface area contributed by atoms with Gasteiger partial charge in [-0.25, -0.2) is 0 Å². The third-order valence-electron chi connectivity index (χ3n) is 4.03. The zero-order valence-corrected chi connectivity index (χ0v) is 11.7. The Labute approximate surface area is 105 Å². The smallest absolute Gasteiger partial charge is 0.0970 e. The van der Waals surface area contributed by atoms with Crippen LogP contribution in [0.2, 0.25) is 0 Å². The van der Waals surface area contributed by atoms with E-state index in [1.807, 2.05) is 26.2 Å². The van der Waals surface area contributed by atoms with E-state index in [0.717, 1.165) is 18.4 Å². The standard InChI is InChI=1S/C15H25NO/c1-6-12-8-10-13(11-9-12)14(17)15(3,7-2)16(4)5/h8-11,14,17H,6-7H2,1-5H3. The Morgan fingerprint density at radius 3 is 2.06 bits per heavy atom. The highest BCUT2D eigenvalue weighted by Crippen LogP contribution is 2.32. The van der Waals surface area contributed by atoms with Gasteiger partial charge < -0.3 is 10.0 Å². The van der Waals surface area contributed by atoms with Gasteiger partial charge in [0, 0.05) is 5.54 Å². The number of aliphatic hydroxyl groups excluding tert-OH is 1. The maximum absolute atomic E-state index is 10.5. The fourth-order valence-electron chi connectivity index (χ4n) is 2.05. The predicted octanol–water partition coefficient (Wildman–Crippen LogP) is 3.01. The van der Waals surface area contributed by atoms with E-state index in [2.05, 4.69) is 37.8 Å². The molecule has 2 unspecified atom stereocenters. The van der Waals surface area contributed by atoms with Gasteiger partial charge in [-0.05, 0) is 45.0 Å². The normalized spacial score (nSPS) is 16.9. The van der Waals surface area contributed by atoms with Crippen molar-refractivity contribution in [1.29, 1.82) is 0 Å². The van der Waals surface area contributed by atoms with Gasteiger partial charge in [-0.15, -0.1) is 0 Å². The quantitative estimate of drug-likeness (QED) is 0.848. The first-order valence-electron chi connectivity index (χ1n) is 6.40. The van der Waals surface area contributed by atoms with Gasteiger partial charge in [-0.1, -0.05) is 38.1 Å². The lowest BCUT2D eigenvalue weighted by Gasteiger charge is -2.40. The van der Waals surface area contributed by atoms with Crippen molar-refractivity contribution in [2.75, 3.05) is 14.1 Å². The molecule has 2 heteroatoms. The third kappa shape index (κ3) is 2.88. The van der Waals surface area contributed by atoms with Gasteiger partial charge in [0.15, 0.2) is 0 Å². The first-order chi connectivity index (χ1) is 7.95. The Morgan fingerprint density at radius 2 is 1.71 bits per heavy atom. The van der Waals surface area contributed by atoms with Crippen LogP contribution in [0.15, 0.2) is 24.3 Å². The number of aryl methyl sites for hydroxylation is 1. The van der Waals surface area contributed by atoms with Crippen molar-refractivity contribution in [1.82, 2.24) is 4.90 Å². The molecule has 96 valence electrons. The molecule has 1 N–H and O–H groups in total. The highest BCUT2D eigenvalue weighted by Gasteiger charge is 2.34. The third-order valence-corrected chi connectivity index (χ3v) is 4.03. The molecule has 0 bridgehead atoms. The van der Waals surface area contributed by atoms with Crippen molar-refractivity contribution in [3.63, 3.8) is 0 Å². The van der Waals surface area contributed by atoms with E-state index in [4.69, 9.17) is 0 Å². The van der Waals surface area contributed by atoms with Gasteiger partial charge in [0.25, 0.3) is 0 Å². The van der Waals surface area contributed by atoms with Crippen molar-refractivity contribution >= 4 is 0 Å². The molecular formula is C15H25NO. The fourth-order valence-corrected chi connectivity index (χ4v) is 2.05. The van der Waals surface area contributed by atoms with Gasteiger partial charge >= 0.3 is 0 Å². The molecule has 0 aliphatic heterocycles. The molecular weight excluding hydrogens is 210 g/mol. The Hall–Kier alpha value is -0.860. The van der Waals surface area contributed by atoms with E-state index >= 15 is 0 Å². The highest BCUT2D eigenvalue weighted by molar-refractivity contribution is 5.26. The summed E-state index contributed by atoms with van der Waals surface area (Å²) in [7, 11) is 4.04. The average molecular weight is 235 g/mol. The van der Waals surface area contributed by atoms with Crippen molar-refractivity contribution < 1.29 is 5.11 Å². The maximum atomic E-state index is 10.5. The minimum atomic E-state index is -0.451. The van der Waals surface area contributed by atoms with Crippen LogP contribution in [0.1, 0.15) is 44.4 Å². The molecule has 0 aliphatic rings. The summed E-state index contributed by atoms with van der Waals surface area (Å²) < 4.78 is 0. The second-order valence-electron chi connectivity index (χ2n) is 5.10. The zero-order chi connectivity index (χ0) is 13.1. The van der Waals surface area contributed by atoms with Gasteiger partial charge in [-0.3, -0.25) is 0 Å². The van der Waals surface area contributed by atoms with Crippen molar-refractivity contribution in [3.05, 3.63) is 35.4 Å². The summed E-state index contributed by atoms with van der Waals surface area (Å²) in [6, 6.07) is 8.29. The van der Waals surface area contributed by atoms with Crippen molar-refractivity contribution in [2.24, 2.45) is 0 Å². The first kappa shape index (κ1) is 14.2. The molecule has 0 saturated heterocycles. The predicted molar refractivity (Wildman–Crippen MR) is 73.2 cm³/mol. The molecule has 1 rings (SSSR count). The Kier molecular flexibility index (Phi) is 4.72. The largest absolute Gasteiger partial charge is 0.386 e. The van der Waals surface area contributed by atoms with E-state index < -0.39 is 6.10 Å². The highest BCUT2D eigenvalue weighted by atomic mass is 16.3. The topological polar surface area (TPSA) is 23.5 Å². The van der Waals surface area contributed by atoms with Crippen LogP contribution in [-0.2, 0) is 6.42 Å². The molecule has 0 aromatic heterocycles. The van der Waals surface area contributed by atoms with Crippen LogP contribution in [-0.4, -0.2) is 29.6 Å². The molecule has 0 fully saturated rings. The van der Waals surface area contributed by atoms with Gasteiger partial charge in [0.05, 0.1) is 6.10 Å². The summed E-state index contributed by atoms with van der Waals surface area (Å²) >= 11 is 0. The Balaban J connectivity index is 2.97. The van der Waals surface area contributed by atoms with Crippen LogP contribution in [0, 0.1) is 0 Å². The lowest BCUT2D eigenvalue weighted by Crippen LogP contribution is -2.46. The minimum absolute atomic E-state index is 0.215. The molecule has 2 atom stereocenters. The molecule has 17 heavy (non-hydrogen) atoms. The van der Waals surface area contributed by atoms with E-state index in [1.54, 1.807) is 0 Å². The van der Waals surface area contributed by atoms with Crippen LogP contribution in [0.5, 0.6) is 0 Å². The fraction of sp³-hybridized carbons (Fsp3) is 0.600. The Bertz CT molecular complexity index is 344. The SMILES string of the molecule is CCc1ccc(C(O)C(C)(CC)N(C)C)cc1. The van der Waals surface area contributed by atoms with E-state index in [0.29, 0.717) is 0 Å².